The van der Waals surface area contributed by atoms with Gasteiger partial charge in [0.05, 0.1) is 6.04 Å². The molecule has 0 saturated carbocycles. The van der Waals surface area contributed by atoms with Gasteiger partial charge in [0, 0.05) is 43.8 Å². The highest BCUT2D eigenvalue weighted by Crippen LogP contribution is 2.34. The summed E-state index contributed by atoms with van der Waals surface area (Å²) >= 11 is 0. The van der Waals surface area contributed by atoms with Gasteiger partial charge in [-0.1, -0.05) is 6.92 Å². The minimum atomic E-state index is -0.674. The van der Waals surface area contributed by atoms with Crippen LogP contribution in [-0.2, 0) is 4.79 Å². The predicted molar refractivity (Wildman–Crippen MR) is 105 cm³/mol. The second kappa shape index (κ2) is 8.14. The molecule has 0 N–H and O–H groups in total. The van der Waals surface area contributed by atoms with Crippen molar-refractivity contribution in [3.05, 3.63) is 53.5 Å². The summed E-state index contributed by atoms with van der Waals surface area (Å²) in [5.74, 6) is -1.10. The van der Waals surface area contributed by atoms with Crippen molar-refractivity contribution in [2.45, 2.75) is 25.8 Å². The van der Waals surface area contributed by atoms with Gasteiger partial charge in [-0.2, -0.15) is 10.4 Å². The van der Waals surface area contributed by atoms with Crippen LogP contribution in [-0.4, -0.2) is 40.2 Å². The first-order chi connectivity index (χ1) is 14.5. The number of carbonyl (C=O) groups is 1. The summed E-state index contributed by atoms with van der Waals surface area (Å²) in [5.41, 5.74) is 0.691. The van der Waals surface area contributed by atoms with Gasteiger partial charge in [0.15, 0.2) is 0 Å². The molecule has 3 atom stereocenters. The van der Waals surface area contributed by atoms with Gasteiger partial charge in [-0.25, -0.2) is 23.8 Å². The molecule has 0 bridgehead atoms. The maximum atomic E-state index is 13.7. The predicted octanol–water partition coefficient (Wildman–Crippen LogP) is 3.05. The monoisotopic (exact) mass is 410 g/mol. The van der Waals surface area contributed by atoms with Crippen LogP contribution in [0.15, 0.2) is 35.7 Å². The quantitative estimate of drug-likeness (QED) is 0.776. The number of rotatable bonds is 3. The summed E-state index contributed by atoms with van der Waals surface area (Å²) in [4.78, 5) is 23.4. The molecule has 9 heteroatoms. The Morgan fingerprint density at radius 1 is 1.20 bits per heavy atom. The summed E-state index contributed by atoms with van der Waals surface area (Å²) in [6.45, 7) is 3.17. The van der Waals surface area contributed by atoms with E-state index in [1.165, 1.54) is 23.5 Å². The van der Waals surface area contributed by atoms with E-state index < -0.39 is 17.7 Å². The third-order valence-corrected chi connectivity index (χ3v) is 5.64. The van der Waals surface area contributed by atoms with E-state index in [-0.39, 0.29) is 17.7 Å². The normalized spacial score (nSPS) is 23.5. The number of nitrogens with zero attached hydrogens (tertiary/aromatic N) is 6. The summed E-state index contributed by atoms with van der Waals surface area (Å²) < 4.78 is 27.3. The number of hydrogen-bond donors (Lipinski definition) is 0. The zero-order valence-electron chi connectivity index (χ0n) is 16.4. The number of hydrazone groups is 1. The van der Waals surface area contributed by atoms with Gasteiger partial charge in [0.25, 0.3) is 0 Å². The molecule has 1 amide bonds. The Morgan fingerprint density at radius 2 is 1.97 bits per heavy atom. The van der Waals surface area contributed by atoms with Crippen LogP contribution in [0.5, 0.6) is 0 Å². The minimum Gasteiger partial charge on any atom is -0.356 e. The van der Waals surface area contributed by atoms with Crippen molar-refractivity contribution >= 4 is 17.9 Å². The Kier molecular flexibility index (Phi) is 5.40. The second-order valence-corrected chi connectivity index (χ2v) is 7.63. The zero-order chi connectivity index (χ0) is 21.3. The first-order valence-electron chi connectivity index (χ1n) is 9.75. The van der Waals surface area contributed by atoms with Crippen molar-refractivity contribution < 1.29 is 13.6 Å². The number of hydrogen-bond acceptors (Lipinski definition) is 6. The number of nitriles is 1. The van der Waals surface area contributed by atoms with Gasteiger partial charge >= 0.3 is 0 Å². The number of anilines is 1. The van der Waals surface area contributed by atoms with Crippen LogP contribution in [0.4, 0.5) is 14.6 Å². The molecule has 2 aliphatic rings. The van der Waals surface area contributed by atoms with E-state index in [1.807, 2.05) is 17.9 Å². The van der Waals surface area contributed by atoms with E-state index in [1.54, 1.807) is 12.3 Å². The van der Waals surface area contributed by atoms with Gasteiger partial charge in [-0.15, -0.1) is 0 Å². The molecule has 154 valence electrons. The molecule has 0 spiro atoms. The van der Waals surface area contributed by atoms with Gasteiger partial charge in [0.1, 0.15) is 35.5 Å². The number of amides is 1. The third kappa shape index (κ3) is 3.85. The van der Waals surface area contributed by atoms with Crippen LogP contribution in [0.2, 0.25) is 0 Å². The molecule has 1 aromatic heterocycles. The molecule has 4 rings (SSSR count). The molecular formula is C21H20F2N6O. The van der Waals surface area contributed by atoms with Crippen LogP contribution in [0.1, 0.15) is 37.1 Å². The van der Waals surface area contributed by atoms with Crippen molar-refractivity contribution in [3.8, 4) is 6.07 Å². The van der Waals surface area contributed by atoms with Crippen LogP contribution in [0.25, 0.3) is 0 Å². The van der Waals surface area contributed by atoms with Gasteiger partial charge in [0.2, 0.25) is 5.91 Å². The Balaban J connectivity index is 1.48. The maximum Gasteiger partial charge on any atom is 0.246 e. The van der Waals surface area contributed by atoms with E-state index >= 15 is 0 Å². The third-order valence-electron chi connectivity index (χ3n) is 5.64. The van der Waals surface area contributed by atoms with Crippen molar-refractivity contribution in [2.24, 2.45) is 16.9 Å². The SMILES string of the molecule is C[C@@H]1CN(c2cc(C#N)ncn2)CC[C@H]1C(=O)N1N=CCC1c1cc(F)cc(F)c1. The van der Waals surface area contributed by atoms with E-state index in [4.69, 9.17) is 5.26 Å². The fourth-order valence-corrected chi connectivity index (χ4v) is 4.14. The first-order valence-corrected chi connectivity index (χ1v) is 9.75. The molecule has 1 saturated heterocycles. The van der Waals surface area contributed by atoms with Crippen molar-refractivity contribution in [2.75, 3.05) is 18.0 Å². The largest absolute Gasteiger partial charge is 0.356 e. The van der Waals surface area contributed by atoms with E-state index in [0.29, 0.717) is 43.0 Å². The highest BCUT2D eigenvalue weighted by atomic mass is 19.1. The van der Waals surface area contributed by atoms with Gasteiger partial charge in [-0.05, 0) is 30.0 Å². The average Bonchev–Trinajstić information content (AvgIpc) is 3.22. The standard InChI is InChI=1S/C21H20F2N6O/c1-13-11-28(20-9-17(10-24)25-12-26-20)5-3-18(13)21(30)29-19(2-4-27-29)14-6-15(22)8-16(23)7-14/h4,6-9,12-13,18-19H,2-3,5,11H2,1H3/t13-,18-,19?/m1/s1. The van der Waals surface area contributed by atoms with E-state index in [0.717, 1.165) is 6.07 Å². The lowest BCUT2D eigenvalue weighted by atomic mass is 9.85. The molecule has 0 radical (unpaired) electrons. The number of carbonyl (C=O) groups excluding carboxylic acids is 1. The topological polar surface area (TPSA) is 85.5 Å². The molecule has 2 aromatic rings. The van der Waals surface area contributed by atoms with Crippen molar-refractivity contribution in [1.29, 1.82) is 5.26 Å². The van der Waals surface area contributed by atoms with E-state index in [2.05, 4.69) is 15.1 Å². The van der Waals surface area contributed by atoms with Crippen molar-refractivity contribution in [3.63, 3.8) is 0 Å². The molecule has 0 aliphatic carbocycles. The Morgan fingerprint density at radius 3 is 2.67 bits per heavy atom. The van der Waals surface area contributed by atoms with Crippen LogP contribution >= 0.6 is 0 Å². The van der Waals surface area contributed by atoms with Crippen molar-refractivity contribution in [1.82, 2.24) is 15.0 Å². The fourth-order valence-electron chi connectivity index (χ4n) is 4.14. The fraction of sp³-hybridized carbons (Fsp3) is 0.381. The molecule has 1 fully saturated rings. The molecule has 1 unspecified atom stereocenters. The Hall–Kier alpha value is -3.41. The van der Waals surface area contributed by atoms with Crippen LogP contribution in [0, 0.1) is 34.8 Å². The lowest BCUT2D eigenvalue weighted by molar-refractivity contribution is -0.139. The smallest absolute Gasteiger partial charge is 0.246 e. The van der Waals surface area contributed by atoms with Gasteiger partial charge in [-0.3, -0.25) is 4.79 Å². The second-order valence-electron chi connectivity index (χ2n) is 7.63. The Bertz CT molecular complexity index is 1020. The molecular weight excluding hydrogens is 390 g/mol. The number of benzene rings is 1. The number of halogens is 2. The highest BCUT2D eigenvalue weighted by molar-refractivity contribution is 5.82. The molecule has 3 heterocycles. The lowest BCUT2D eigenvalue weighted by Gasteiger charge is -2.38. The minimum absolute atomic E-state index is 0.00689. The zero-order valence-corrected chi connectivity index (χ0v) is 16.4. The first kappa shape index (κ1) is 19.9. The maximum absolute atomic E-state index is 13.7. The number of aromatic nitrogens is 2. The molecule has 2 aliphatic heterocycles. The average molecular weight is 410 g/mol. The summed E-state index contributed by atoms with van der Waals surface area (Å²) in [5, 5.41) is 14.6. The van der Waals surface area contributed by atoms with Crippen LogP contribution < -0.4 is 4.90 Å². The summed E-state index contributed by atoms with van der Waals surface area (Å²) in [6, 6.07) is 6.44. The summed E-state index contributed by atoms with van der Waals surface area (Å²) in [7, 11) is 0. The lowest BCUT2D eigenvalue weighted by Crippen LogP contribution is -2.46. The van der Waals surface area contributed by atoms with Crippen LogP contribution in [0.3, 0.4) is 0 Å². The summed E-state index contributed by atoms with van der Waals surface area (Å²) in [6.07, 6.45) is 3.97. The molecule has 1 aromatic carbocycles. The Labute approximate surface area is 172 Å². The molecule has 30 heavy (non-hydrogen) atoms. The van der Waals surface area contributed by atoms with E-state index in [9.17, 15) is 13.6 Å². The number of piperidine rings is 1. The molecule has 7 nitrogen and oxygen atoms in total. The highest BCUT2D eigenvalue weighted by Gasteiger charge is 2.38. The van der Waals surface area contributed by atoms with Gasteiger partial charge < -0.3 is 4.90 Å².